The van der Waals surface area contributed by atoms with Crippen molar-refractivity contribution in [3.8, 4) is 0 Å². The van der Waals surface area contributed by atoms with E-state index in [0.717, 1.165) is 0 Å². The van der Waals surface area contributed by atoms with Gasteiger partial charge >= 0.3 is 0 Å². The molecule has 0 spiro atoms. The van der Waals surface area contributed by atoms with Gasteiger partial charge in [0, 0.05) is 0 Å². The summed E-state index contributed by atoms with van der Waals surface area (Å²) in [6.07, 6.45) is 4.40. The van der Waals surface area contributed by atoms with E-state index in [-0.39, 0.29) is 24.5 Å². The maximum absolute atomic E-state index is 13.3. The molecule has 3 heterocycles. The number of carbonyl (C=O) groups is 1. The lowest BCUT2D eigenvalue weighted by Gasteiger charge is -2.24. The predicted molar refractivity (Wildman–Crippen MR) is 126 cm³/mol. The molecule has 0 aliphatic heterocycles. The van der Waals surface area contributed by atoms with Crippen molar-refractivity contribution in [2.75, 3.05) is 16.0 Å². The Balaban J connectivity index is 1.79. The van der Waals surface area contributed by atoms with Crippen LogP contribution < -0.4 is 10.2 Å². The molecule has 3 aromatic heterocycles. The summed E-state index contributed by atoms with van der Waals surface area (Å²) in [5, 5.41) is 2.60. The molecule has 11 heteroatoms. The largest absolute Gasteiger partial charge is 0.467 e. The number of carbonyl (C=O) groups excluding carboxylic acids is 1. The second kappa shape index (κ2) is 10.1. The van der Waals surface area contributed by atoms with Gasteiger partial charge in [0.25, 0.3) is 5.91 Å². The van der Waals surface area contributed by atoms with Crippen LogP contribution in [-0.2, 0) is 22.9 Å². The van der Waals surface area contributed by atoms with Crippen LogP contribution in [0.4, 0.5) is 11.4 Å². The number of furan rings is 2. The Kier molecular flexibility index (Phi) is 6.99. The number of sulfone groups is 1. The third-order valence-corrected chi connectivity index (χ3v) is 6.78. The Bertz CT molecular complexity index is 1340. The Hall–Kier alpha value is -3.63. The summed E-state index contributed by atoms with van der Waals surface area (Å²) >= 11 is 6.20. The summed E-state index contributed by atoms with van der Waals surface area (Å²) in [4.78, 5) is 23.3. The number of hydrogen-bond donors (Lipinski definition) is 1. The quantitative estimate of drug-likeness (QED) is 0.332. The van der Waals surface area contributed by atoms with Gasteiger partial charge in [-0.25, -0.2) is 18.4 Å². The maximum atomic E-state index is 13.3. The molecule has 0 saturated heterocycles. The van der Waals surface area contributed by atoms with Crippen molar-refractivity contribution in [3.63, 3.8) is 0 Å². The second-order valence-electron chi connectivity index (χ2n) is 7.24. The van der Waals surface area contributed by atoms with Crippen LogP contribution in [0, 0.1) is 0 Å². The van der Waals surface area contributed by atoms with E-state index in [1.165, 1.54) is 13.1 Å². The number of anilines is 2. The first-order chi connectivity index (χ1) is 16.4. The van der Waals surface area contributed by atoms with Gasteiger partial charge in [0.05, 0.1) is 54.0 Å². The average molecular weight is 501 g/mol. The molecule has 0 saturated carbocycles. The normalized spacial score (nSPS) is 11.4. The van der Waals surface area contributed by atoms with Crippen LogP contribution in [0.15, 0.2) is 81.2 Å². The number of hydrogen-bond acceptors (Lipinski definition) is 8. The summed E-state index contributed by atoms with van der Waals surface area (Å²) in [6, 6.07) is 13.8. The van der Waals surface area contributed by atoms with E-state index in [9.17, 15) is 13.2 Å². The molecular weight excluding hydrogens is 480 g/mol. The third-order valence-electron chi connectivity index (χ3n) is 4.94. The van der Waals surface area contributed by atoms with E-state index in [1.54, 1.807) is 66.0 Å². The first-order valence-corrected chi connectivity index (χ1v) is 12.4. The molecule has 0 unspecified atom stereocenters. The number of rotatable bonds is 9. The zero-order valence-electron chi connectivity index (χ0n) is 18.1. The van der Waals surface area contributed by atoms with Crippen molar-refractivity contribution >= 4 is 38.7 Å². The lowest BCUT2D eigenvalue weighted by molar-refractivity contribution is 0.102. The molecule has 0 aliphatic rings. The van der Waals surface area contributed by atoms with Gasteiger partial charge in [-0.2, -0.15) is 0 Å². The smallest absolute Gasteiger partial charge is 0.276 e. The fourth-order valence-corrected chi connectivity index (χ4v) is 4.07. The molecule has 1 N–H and O–H groups in total. The maximum Gasteiger partial charge on any atom is 0.276 e. The lowest BCUT2D eigenvalue weighted by atomic mass is 10.2. The first kappa shape index (κ1) is 23.5. The summed E-state index contributed by atoms with van der Waals surface area (Å²) < 4.78 is 35.9. The zero-order chi connectivity index (χ0) is 24.1. The van der Waals surface area contributed by atoms with Gasteiger partial charge in [-0.1, -0.05) is 30.7 Å². The summed E-state index contributed by atoms with van der Waals surface area (Å²) in [6.45, 7) is 1.99. The molecule has 0 atom stereocenters. The standard InChI is InChI=1S/C23H21ClN4O5S/c1-2-34(30,31)23-25-13-20(21(27-23)22(29)26-19-10-4-3-9-18(19)24)28(14-16-7-5-11-32-16)15-17-8-6-12-33-17/h3-13H,2,14-15H2,1H3,(H,26,29). The Morgan fingerprint density at radius 1 is 1.03 bits per heavy atom. The first-order valence-electron chi connectivity index (χ1n) is 10.3. The number of benzene rings is 1. The number of aromatic nitrogens is 2. The molecule has 1 aromatic carbocycles. The van der Waals surface area contributed by atoms with Crippen molar-refractivity contribution in [2.45, 2.75) is 25.2 Å². The van der Waals surface area contributed by atoms with Crippen molar-refractivity contribution < 1.29 is 22.0 Å². The number of para-hydroxylation sites is 1. The Morgan fingerprint density at radius 3 is 2.24 bits per heavy atom. The van der Waals surface area contributed by atoms with Crippen LogP contribution in [0.1, 0.15) is 28.9 Å². The molecule has 4 rings (SSSR count). The minimum Gasteiger partial charge on any atom is -0.467 e. The number of nitrogens with one attached hydrogen (secondary N) is 1. The molecule has 0 radical (unpaired) electrons. The van der Waals surface area contributed by atoms with Crippen LogP contribution in [0.5, 0.6) is 0 Å². The van der Waals surface area contributed by atoms with Crippen LogP contribution in [0.2, 0.25) is 5.02 Å². The molecule has 1 amide bonds. The van der Waals surface area contributed by atoms with Crippen molar-refractivity contribution in [1.82, 2.24) is 9.97 Å². The van der Waals surface area contributed by atoms with Crippen molar-refractivity contribution in [2.24, 2.45) is 0 Å². The summed E-state index contributed by atoms with van der Waals surface area (Å²) in [5.41, 5.74) is 0.537. The van der Waals surface area contributed by atoms with Crippen molar-refractivity contribution in [3.05, 3.63) is 89.5 Å². The Labute approximate surface area is 201 Å². The molecule has 34 heavy (non-hydrogen) atoms. The zero-order valence-corrected chi connectivity index (χ0v) is 19.7. The van der Waals surface area contributed by atoms with E-state index < -0.39 is 20.9 Å². The van der Waals surface area contributed by atoms with Gasteiger partial charge in [0.15, 0.2) is 5.69 Å². The van der Waals surface area contributed by atoms with E-state index in [0.29, 0.717) is 27.9 Å². The molecular formula is C23H21ClN4O5S. The molecule has 4 aromatic rings. The molecule has 0 fully saturated rings. The van der Waals surface area contributed by atoms with E-state index in [4.69, 9.17) is 20.4 Å². The third kappa shape index (κ3) is 5.29. The predicted octanol–water partition coefficient (Wildman–Crippen LogP) is 4.57. The highest BCUT2D eigenvalue weighted by Gasteiger charge is 2.26. The SMILES string of the molecule is CCS(=O)(=O)c1ncc(N(Cc2ccco2)Cc2ccco2)c(C(=O)Nc2ccccc2Cl)n1. The molecule has 176 valence electrons. The van der Waals surface area contributed by atoms with Gasteiger partial charge in [-0.3, -0.25) is 4.79 Å². The van der Waals surface area contributed by atoms with Crippen LogP contribution in [0.25, 0.3) is 0 Å². The summed E-state index contributed by atoms with van der Waals surface area (Å²) in [5.74, 6) is 0.394. The number of amides is 1. The van der Waals surface area contributed by atoms with Gasteiger partial charge in [0.1, 0.15) is 11.5 Å². The van der Waals surface area contributed by atoms with Gasteiger partial charge in [-0.15, -0.1) is 0 Å². The molecule has 0 aliphatic carbocycles. The topological polar surface area (TPSA) is 119 Å². The lowest BCUT2D eigenvalue weighted by Crippen LogP contribution is -2.27. The van der Waals surface area contributed by atoms with E-state index >= 15 is 0 Å². The fourth-order valence-electron chi connectivity index (χ4n) is 3.19. The van der Waals surface area contributed by atoms with Crippen LogP contribution in [0.3, 0.4) is 0 Å². The fraction of sp³-hybridized carbons (Fsp3) is 0.174. The summed E-state index contributed by atoms with van der Waals surface area (Å²) in [7, 11) is -3.76. The van der Waals surface area contributed by atoms with Crippen molar-refractivity contribution in [1.29, 1.82) is 0 Å². The van der Waals surface area contributed by atoms with Gasteiger partial charge in [0.2, 0.25) is 15.0 Å². The molecule has 9 nitrogen and oxygen atoms in total. The molecule has 0 bridgehead atoms. The van der Waals surface area contributed by atoms with Gasteiger partial charge in [-0.05, 0) is 36.4 Å². The second-order valence-corrected chi connectivity index (χ2v) is 9.82. The van der Waals surface area contributed by atoms with E-state index in [1.807, 2.05) is 0 Å². The van der Waals surface area contributed by atoms with Crippen LogP contribution >= 0.6 is 11.6 Å². The average Bonchev–Trinajstić information content (AvgIpc) is 3.54. The Morgan fingerprint density at radius 2 is 1.68 bits per heavy atom. The monoisotopic (exact) mass is 500 g/mol. The highest BCUT2D eigenvalue weighted by atomic mass is 35.5. The number of nitrogens with zero attached hydrogens (tertiary/aromatic N) is 3. The highest BCUT2D eigenvalue weighted by molar-refractivity contribution is 7.91. The minimum absolute atomic E-state index is 0.125. The van der Waals surface area contributed by atoms with Gasteiger partial charge < -0.3 is 19.1 Å². The highest BCUT2D eigenvalue weighted by Crippen LogP contribution is 2.27. The number of halogens is 1. The minimum atomic E-state index is -3.76. The van der Waals surface area contributed by atoms with Crippen LogP contribution in [-0.4, -0.2) is 30.0 Å². The van der Waals surface area contributed by atoms with E-state index in [2.05, 4.69) is 15.3 Å².